The van der Waals surface area contributed by atoms with Crippen molar-refractivity contribution < 1.29 is 4.98 Å². The minimum absolute atomic E-state index is 1.16. The molecular formula is C14H16BrN2+. The molecule has 17 heavy (non-hydrogen) atoms. The van der Waals surface area contributed by atoms with Crippen LogP contribution in [0.5, 0.6) is 0 Å². The molecule has 3 heteroatoms. The molecule has 0 unspecified atom stereocenters. The second-order valence-corrected chi connectivity index (χ2v) is 5.43. The molecule has 0 amide bonds. The van der Waals surface area contributed by atoms with Gasteiger partial charge in [0, 0.05) is 19.2 Å². The van der Waals surface area contributed by atoms with E-state index in [0.29, 0.717) is 0 Å². The van der Waals surface area contributed by atoms with E-state index in [9.17, 15) is 0 Å². The van der Waals surface area contributed by atoms with Gasteiger partial charge in [-0.25, -0.2) is 4.98 Å². The van der Waals surface area contributed by atoms with E-state index in [2.05, 4.69) is 50.1 Å². The molecule has 0 aliphatic carbocycles. The minimum Gasteiger partial charge on any atom is -0.370 e. The summed E-state index contributed by atoms with van der Waals surface area (Å²) in [5.74, 6) is 0. The maximum absolute atomic E-state index is 3.68. The number of fused-ring (bicyclic) bond motifs is 1. The van der Waals surface area contributed by atoms with Crippen molar-refractivity contribution in [1.29, 1.82) is 0 Å². The Labute approximate surface area is 110 Å². The number of halogens is 1. The molecule has 0 bridgehead atoms. The Morgan fingerprint density at radius 2 is 1.82 bits per heavy atom. The number of H-pyrrole nitrogens is 1. The van der Waals surface area contributed by atoms with Crippen molar-refractivity contribution in [3.05, 3.63) is 34.9 Å². The Morgan fingerprint density at radius 1 is 1.06 bits per heavy atom. The van der Waals surface area contributed by atoms with Gasteiger partial charge < -0.3 is 4.90 Å². The molecule has 0 spiro atoms. The van der Waals surface area contributed by atoms with Gasteiger partial charge in [0.1, 0.15) is 4.47 Å². The van der Waals surface area contributed by atoms with Crippen LogP contribution in [0.2, 0.25) is 0 Å². The van der Waals surface area contributed by atoms with E-state index in [4.69, 9.17) is 0 Å². The molecule has 1 saturated heterocycles. The highest BCUT2D eigenvalue weighted by atomic mass is 79.9. The lowest BCUT2D eigenvalue weighted by Gasteiger charge is -2.29. The number of para-hydroxylation sites is 1. The molecule has 0 saturated carbocycles. The van der Waals surface area contributed by atoms with Gasteiger partial charge in [0.15, 0.2) is 6.20 Å². The van der Waals surface area contributed by atoms with Crippen LogP contribution in [0.3, 0.4) is 0 Å². The Morgan fingerprint density at radius 3 is 2.65 bits per heavy atom. The normalized spacial score (nSPS) is 16.4. The first-order valence-electron chi connectivity index (χ1n) is 6.20. The van der Waals surface area contributed by atoms with Crippen LogP contribution in [0, 0.1) is 0 Å². The summed E-state index contributed by atoms with van der Waals surface area (Å²) < 4.78 is 1.16. The van der Waals surface area contributed by atoms with Gasteiger partial charge in [-0.05, 0) is 41.3 Å². The zero-order valence-electron chi connectivity index (χ0n) is 9.75. The van der Waals surface area contributed by atoms with Gasteiger partial charge in [-0.1, -0.05) is 12.1 Å². The van der Waals surface area contributed by atoms with Gasteiger partial charge >= 0.3 is 0 Å². The number of benzene rings is 1. The molecule has 2 nitrogen and oxygen atoms in total. The summed E-state index contributed by atoms with van der Waals surface area (Å²) in [5.41, 5.74) is 2.55. The number of nitrogens with zero attached hydrogens (tertiary/aromatic N) is 1. The molecule has 0 radical (unpaired) electrons. The van der Waals surface area contributed by atoms with Crippen molar-refractivity contribution in [3.8, 4) is 0 Å². The molecule has 1 N–H and O–H groups in total. The van der Waals surface area contributed by atoms with Crippen LogP contribution in [0.15, 0.2) is 34.9 Å². The van der Waals surface area contributed by atoms with Gasteiger partial charge in [-0.3, -0.25) is 0 Å². The molecule has 0 atom stereocenters. The molecule has 3 rings (SSSR count). The number of piperidine rings is 1. The quantitative estimate of drug-likeness (QED) is 0.787. The van der Waals surface area contributed by atoms with Crippen LogP contribution in [0.4, 0.5) is 5.69 Å². The van der Waals surface area contributed by atoms with E-state index in [1.807, 2.05) is 6.20 Å². The summed E-state index contributed by atoms with van der Waals surface area (Å²) in [6.45, 7) is 2.35. The monoisotopic (exact) mass is 291 g/mol. The number of hydrogen-bond donors (Lipinski definition) is 0. The fourth-order valence-electron chi connectivity index (χ4n) is 2.59. The van der Waals surface area contributed by atoms with Gasteiger partial charge in [0.05, 0.1) is 11.1 Å². The van der Waals surface area contributed by atoms with Gasteiger partial charge in [-0.15, -0.1) is 0 Å². The number of nitrogens with one attached hydrogen (secondary N) is 1. The van der Waals surface area contributed by atoms with Crippen molar-refractivity contribution in [2.24, 2.45) is 0 Å². The maximum atomic E-state index is 3.68. The molecule has 1 aromatic heterocycles. The first-order chi connectivity index (χ1) is 8.36. The van der Waals surface area contributed by atoms with E-state index in [1.165, 1.54) is 48.9 Å². The summed E-state index contributed by atoms with van der Waals surface area (Å²) in [4.78, 5) is 5.83. The van der Waals surface area contributed by atoms with Crippen LogP contribution in [0.25, 0.3) is 10.9 Å². The zero-order valence-corrected chi connectivity index (χ0v) is 11.3. The average Bonchev–Trinajstić information content (AvgIpc) is 2.39. The molecule has 1 fully saturated rings. The molecule has 1 aliphatic rings. The summed E-state index contributed by atoms with van der Waals surface area (Å²) in [7, 11) is 0. The number of hydrogen-bond acceptors (Lipinski definition) is 1. The van der Waals surface area contributed by atoms with Crippen molar-refractivity contribution in [3.63, 3.8) is 0 Å². The summed E-state index contributed by atoms with van der Waals surface area (Å²) in [5, 5.41) is 1.31. The Kier molecular flexibility index (Phi) is 3.02. The van der Waals surface area contributed by atoms with Crippen molar-refractivity contribution in [2.45, 2.75) is 19.3 Å². The van der Waals surface area contributed by atoms with Gasteiger partial charge in [0.2, 0.25) is 5.52 Å². The standard InChI is InChI=1S/C14H15BrN2/c15-12-10-16-13-7-3-2-6-11(13)14(12)17-8-4-1-5-9-17/h2-3,6-7,10H,1,4-5,8-9H2/p+1. The summed E-state index contributed by atoms with van der Waals surface area (Å²) in [6, 6.07) is 8.51. The van der Waals surface area contributed by atoms with E-state index in [-0.39, 0.29) is 0 Å². The molecule has 2 heterocycles. The minimum atomic E-state index is 1.16. The third kappa shape index (κ3) is 2.04. The van der Waals surface area contributed by atoms with Crippen LogP contribution in [-0.2, 0) is 0 Å². The summed E-state index contributed by atoms with van der Waals surface area (Å²) in [6.07, 6.45) is 6.02. The SMILES string of the molecule is Brc1c[nH+]c2ccccc2c1N1CCCCC1. The Bertz CT molecular complexity index is 533. The predicted octanol–water partition coefficient (Wildman–Crippen LogP) is 3.41. The summed E-state index contributed by atoms with van der Waals surface area (Å²) >= 11 is 3.68. The topological polar surface area (TPSA) is 17.4 Å². The molecule has 1 aromatic carbocycles. The van der Waals surface area contributed by atoms with E-state index >= 15 is 0 Å². The number of pyridine rings is 1. The van der Waals surface area contributed by atoms with Gasteiger partial charge in [-0.2, -0.15) is 0 Å². The second kappa shape index (κ2) is 4.65. The van der Waals surface area contributed by atoms with Crippen molar-refractivity contribution in [2.75, 3.05) is 18.0 Å². The highest BCUT2D eigenvalue weighted by Gasteiger charge is 2.18. The maximum Gasteiger partial charge on any atom is 0.212 e. The fourth-order valence-corrected chi connectivity index (χ4v) is 3.17. The first kappa shape index (κ1) is 11.0. The Hall–Kier alpha value is -1.09. The van der Waals surface area contributed by atoms with E-state index in [0.717, 1.165) is 4.47 Å². The number of aromatic nitrogens is 1. The third-order valence-electron chi connectivity index (χ3n) is 3.44. The van der Waals surface area contributed by atoms with E-state index in [1.54, 1.807) is 0 Å². The first-order valence-corrected chi connectivity index (χ1v) is 6.99. The van der Waals surface area contributed by atoms with Crippen LogP contribution in [0.1, 0.15) is 19.3 Å². The predicted molar refractivity (Wildman–Crippen MR) is 74.3 cm³/mol. The number of aromatic amines is 1. The molecule has 2 aromatic rings. The van der Waals surface area contributed by atoms with Crippen LogP contribution in [-0.4, -0.2) is 13.1 Å². The van der Waals surface area contributed by atoms with Crippen LogP contribution < -0.4 is 9.88 Å². The lowest BCUT2D eigenvalue weighted by atomic mass is 10.1. The van der Waals surface area contributed by atoms with Crippen molar-refractivity contribution in [1.82, 2.24) is 0 Å². The largest absolute Gasteiger partial charge is 0.370 e. The molecular weight excluding hydrogens is 276 g/mol. The molecule has 88 valence electrons. The van der Waals surface area contributed by atoms with Crippen molar-refractivity contribution >= 4 is 32.5 Å². The lowest BCUT2D eigenvalue weighted by molar-refractivity contribution is -0.345. The Balaban J connectivity index is 2.15. The van der Waals surface area contributed by atoms with E-state index < -0.39 is 0 Å². The highest BCUT2D eigenvalue weighted by molar-refractivity contribution is 9.10. The van der Waals surface area contributed by atoms with Crippen LogP contribution >= 0.6 is 15.9 Å². The highest BCUT2D eigenvalue weighted by Crippen LogP contribution is 2.33. The number of anilines is 1. The fraction of sp³-hybridized carbons (Fsp3) is 0.357. The average molecular weight is 292 g/mol. The second-order valence-electron chi connectivity index (χ2n) is 4.58. The lowest BCUT2D eigenvalue weighted by Crippen LogP contribution is -2.30. The van der Waals surface area contributed by atoms with Gasteiger partial charge in [0.25, 0.3) is 0 Å². The smallest absolute Gasteiger partial charge is 0.212 e. The number of rotatable bonds is 1. The third-order valence-corrected chi connectivity index (χ3v) is 4.04. The zero-order chi connectivity index (χ0) is 11.7. The molecule has 1 aliphatic heterocycles.